The number of nitrogens with one attached hydrogen (secondary N) is 1. The van der Waals surface area contributed by atoms with Gasteiger partial charge in [0.2, 0.25) is 0 Å². The van der Waals surface area contributed by atoms with Crippen molar-refractivity contribution in [3.05, 3.63) is 0 Å². The summed E-state index contributed by atoms with van der Waals surface area (Å²) < 4.78 is 4.74. The first-order chi connectivity index (χ1) is 6.26. The van der Waals surface area contributed by atoms with Crippen LogP contribution in [0.4, 0.5) is 0 Å². The molecule has 0 unspecified atom stereocenters. The topological polar surface area (TPSA) is 88.5 Å². The molecular formula is C8H17N3O2. The maximum Gasteiger partial charge on any atom is 0.332 e. The molecule has 0 fully saturated rings. The van der Waals surface area contributed by atoms with Crippen molar-refractivity contribution in [1.29, 1.82) is 5.53 Å². The molecule has 0 aliphatic rings. The zero-order valence-corrected chi connectivity index (χ0v) is 7.95. The number of nitrogens with zero attached hydrogens (tertiary/aromatic N) is 1. The summed E-state index contributed by atoms with van der Waals surface area (Å²) in [7, 11) is 0. The van der Waals surface area contributed by atoms with E-state index in [1.165, 1.54) is 0 Å². The molecule has 0 spiro atoms. The number of hydrogen-bond donors (Lipinski definition) is 2. The van der Waals surface area contributed by atoms with E-state index in [2.05, 4.69) is 5.11 Å². The van der Waals surface area contributed by atoms with Gasteiger partial charge in [-0.2, -0.15) is 5.11 Å². The van der Waals surface area contributed by atoms with Gasteiger partial charge in [0.1, 0.15) is 0 Å². The Balaban J connectivity index is 3.73. The first kappa shape index (κ1) is 12.0. The van der Waals surface area contributed by atoms with Crippen LogP contribution in [0.25, 0.3) is 0 Å². The highest BCUT2D eigenvalue weighted by Crippen LogP contribution is 2.06. The molecule has 0 saturated carbocycles. The predicted molar refractivity (Wildman–Crippen MR) is 48.5 cm³/mol. The Morgan fingerprint density at radius 2 is 2.31 bits per heavy atom. The van der Waals surface area contributed by atoms with Crippen molar-refractivity contribution in [3.8, 4) is 0 Å². The summed E-state index contributed by atoms with van der Waals surface area (Å²) in [6, 6.07) is -0.633. The fraction of sp³-hybridized carbons (Fsp3) is 0.875. The lowest BCUT2D eigenvalue weighted by Crippen LogP contribution is -2.21. The number of ether oxygens (including phenoxy) is 1. The largest absolute Gasteiger partial charge is 0.464 e. The van der Waals surface area contributed by atoms with Gasteiger partial charge in [-0.05, 0) is 32.7 Å². The maximum absolute atomic E-state index is 11.1. The van der Waals surface area contributed by atoms with Crippen LogP contribution in [0.1, 0.15) is 26.2 Å². The Morgan fingerprint density at radius 3 is 2.77 bits per heavy atom. The molecule has 3 N–H and O–H groups in total. The van der Waals surface area contributed by atoms with Crippen LogP contribution in [0, 0.1) is 5.53 Å². The van der Waals surface area contributed by atoms with Gasteiger partial charge >= 0.3 is 5.97 Å². The third-order valence-corrected chi connectivity index (χ3v) is 1.65. The molecule has 0 aromatic heterocycles. The van der Waals surface area contributed by atoms with E-state index in [4.69, 9.17) is 16.0 Å². The number of unbranched alkanes of at least 4 members (excludes halogenated alkanes) is 1. The van der Waals surface area contributed by atoms with Crippen molar-refractivity contribution in [2.45, 2.75) is 32.2 Å². The van der Waals surface area contributed by atoms with E-state index >= 15 is 0 Å². The van der Waals surface area contributed by atoms with Gasteiger partial charge in [-0.25, -0.2) is 10.3 Å². The maximum atomic E-state index is 11.1. The normalized spacial score (nSPS) is 12.2. The Bertz CT molecular complexity index is 161. The van der Waals surface area contributed by atoms with E-state index in [9.17, 15) is 4.79 Å². The number of hydrogen-bond acceptors (Lipinski definition) is 5. The lowest BCUT2D eigenvalue weighted by molar-refractivity contribution is -0.145. The third-order valence-electron chi connectivity index (χ3n) is 1.65. The molecule has 5 heteroatoms. The second kappa shape index (κ2) is 7.67. The summed E-state index contributed by atoms with van der Waals surface area (Å²) in [5.41, 5.74) is 12.1. The van der Waals surface area contributed by atoms with Crippen LogP contribution in [0.5, 0.6) is 0 Å². The molecular weight excluding hydrogens is 170 g/mol. The Morgan fingerprint density at radius 1 is 1.62 bits per heavy atom. The summed E-state index contributed by atoms with van der Waals surface area (Å²) in [5.74, 6) is -0.408. The van der Waals surface area contributed by atoms with E-state index in [1.807, 2.05) is 0 Å². The molecule has 0 aliphatic heterocycles. The van der Waals surface area contributed by atoms with Gasteiger partial charge in [0, 0.05) is 0 Å². The molecule has 1 atom stereocenters. The molecule has 13 heavy (non-hydrogen) atoms. The second-order valence-corrected chi connectivity index (χ2v) is 2.68. The summed E-state index contributed by atoms with van der Waals surface area (Å²) in [6.07, 6.45) is 2.22. The van der Waals surface area contributed by atoms with Gasteiger partial charge in [0.05, 0.1) is 6.61 Å². The zero-order chi connectivity index (χ0) is 10.1. The van der Waals surface area contributed by atoms with Crippen molar-refractivity contribution < 1.29 is 9.53 Å². The number of carbonyl (C=O) groups is 1. The zero-order valence-electron chi connectivity index (χ0n) is 7.95. The van der Waals surface area contributed by atoms with Gasteiger partial charge in [-0.3, -0.25) is 0 Å². The van der Waals surface area contributed by atoms with Crippen LogP contribution in [-0.2, 0) is 9.53 Å². The quantitative estimate of drug-likeness (QED) is 0.355. The van der Waals surface area contributed by atoms with Gasteiger partial charge in [0.15, 0.2) is 6.04 Å². The molecule has 0 heterocycles. The van der Waals surface area contributed by atoms with Crippen molar-refractivity contribution in [2.75, 3.05) is 13.2 Å². The lowest BCUT2D eigenvalue weighted by Gasteiger charge is -2.08. The highest BCUT2D eigenvalue weighted by atomic mass is 16.5. The van der Waals surface area contributed by atoms with Crippen LogP contribution >= 0.6 is 0 Å². The lowest BCUT2D eigenvalue weighted by atomic mass is 10.1. The highest BCUT2D eigenvalue weighted by molar-refractivity contribution is 5.75. The molecule has 0 aliphatic carbocycles. The number of esters is 1. The van der Waals surface area contributed by atoms with Crippen LogP contribution in [0.2, 0.25) is 0 Å². The van der Waals surface area contributed by atoms with Crippen LogP contribution in [0.3, 0.4) is 0 Å². The van der Waals surface area contributed by atoms with Crippen LogP contribution < -0.4 is 5.73 Å². The molecule has 0 aromatic rings. The summed E-state index contributed by atoms with van der Waals surface area (Å²) in [6.45, 7) is 2.67. The third kappa shape index (κ3) is 5.30. The first-order valence-corrected chi connectivity index (χ1v) is 4.49. The smallest absolute Gasteiger partial charge is 0.332 e. The molecule has 0 radical (unpaired) electrons. The van der Waals surface area contributed by atoms with E-state index in [1.54, 1.807) is 6.92 Å². The van der Waals surface area contributed by atoms with E-state index in [0.717, 1.165) is 12.8 Å². The van der Waals surface area contributed by atoms with E-state index in [-0.39, 0.29) is 0 Å². The molecule has 0 saturated heterocycles. The molecule has 0 aromatic carbocycles. The minimum absolute atomic E-state index is 0.335. The number of rotatable bonds is 7. The average molecular weight is 187 g/mol. The van der Waals surface area contributed by atoms with Gasteiger partial charge in [-0.15, -0.1) is 0 Å². The molecule has 5 nitrogen and oxygen atoms in total. The fourth-order valence-electron chi connectivity index (χ4n) is 0.956. The minimum Gasteiger partial charge on any atom is -0.464 e. The Hall–Kier alpha value is -0.970. The van der Waals surface area contributed by atoms with Gasteiger partial charge < -0.3 is 10.5 Å². The second-order valence-electron chi connectivity index (χ2n) is 2.68. The summed E-state index contributed by atoms with van der Waals surface area (Å²) in [4.78, 5) is 11.1. The van der Waals surface area contributed by atoms with Crippen LogP contribution in [0.15, 0.2) is 5.11 Å². The SMILES string of the molecule is CCOC(=O)[C@H](CCCCN)N=N. The Labute approximate surface area is 78.1 Å². The fourth-order valence-corrected chi connectivity index (χ4v) is 0.956. The first-order valence-electron chi connectivity index (χ1n) is 4.49. The van der Waals surface area contributed by atoms with Crippen molar-refractivity contribution in [2.24, 2.45) is 10.8 Å². The minimum atomic E-state index is -0.633. The van der Waals surface area contributed by atoms with Crippen molar-refractivity contribution in [1.82, 2.24) is 0 Å². The highest BCUT2D eigenvalue weighted by Gasteiger charge is 2.17. The average Bonchev–Trinajstić information content (AvgIpc) is 2.13. The number of carbonyl (C=O) groups excluding carboxylic acids is 1. The van der Waals surface area contributed by atoms with Crippen molar-refractivity contribution in [3.63, 3.8) is 0 Å². The van der Waals surface area contributed by atoms with E-state index in [0.29, 0.717) is 19.6 Å². The van der Waals surface area contributed by atoms with Crippen LogP contribution in [-0.4, -0.2) is 25.2 Å². The summed E-state index contributed by atoms with van der Waals surface area (Å²) >= 11 is 0. The van der Waals surface area contributed by atoms with Gasteiger partial charge in [0.25, 0.3) is 0 Å². The molecule has 0 bridgehead atoms. The number of nitrogens with two attached hydrogens (primary N) is 1. The monoisotopic (exact) mass is 187 g/mol. The summed E-state index contributed by atoms with van der Waals surface area (Å²) in [5, 5.41) is 3.21. The van der Waals surface area contributed by atoms with Crippen molar-refractivity contribution >= 4 is 5.97 Å². The molecule has 0 amide bonds. The Kier molecular flexibility index (Phi) is 7.10. The standard InChI is InChI=1S/C8H17N3O2/c1-2-13-8(12)7(11-10)5-3-4-6-9/h7,10H,2-6,9H2,1H3/t7-/m0/s1. The van der Waals surface area contributed by atoms with E-state index < -0.39 is 12.0 Å². The molecule has 76 valence electrons. The van der Waals surface area contributed by atoms with Gasteiger partial charge in [-0.1, -0.05) is 0 Å². The molecule has 0 rings (SSSR count). The predicted octanol–water partition coefficient (Wildman–Crippen LogP) is 1.08.